The van der Waals surface area contributed by atoms with Gasteiger partial charge in [0.05, 0.1) is 13.7 Å². The van der Waals surface area contributed by atoms with Gasteiger partial charge < -0.3 is 4.52 Å². The van der Waals surface area contributed by atoms with Crippen LogP contribution in [0.1, 0.15) is 24.3 Å². The fourth-order valence-electron chi connectivity index (χ4n) is 2.25. The molecule has 0 N–H and O–H groups in total. The maximum atomic E-state index is 12.6. The van der Waals surface area contributed by atoms with E-state index in [1.54, 1.807) is 24.3 Å². The predicted molar refractivity (Wildman–Crippen MR) is 75.0 cm³/mol. The molecule has 3 rings (SSSR count). The van der Waals surface area contributed by atoms with Gasteiger partial charge in [-0.2, -0.15) is 18.2 Å². The molecule has 0 spiro atoms. The summed E-state index contributed by atoms with van der Waals surface area (Å²) >= 11 is 0. The zero-order valence-electron chi connectivity index (χ0n) is 12.7. The summed E-state index contributed by atoms with van der Waals surface area (Å²) in [5, 5.41) is 4.58. The van der Waals surface area contributed by atoms with Crippen molar-refractivity contribution in [2.45, 2.75) is 25.6 Å². The molecule has 0 bridgehead atoms. The standard InChI is InChI=1S/C15H14F3N3O3/c1-23-21(13(22)9-6-7-9)8-10-4-2-3-5-11(10)12-19-14(24-20-12)15(16,17)18/h2-5,9H,6-8H2,1H3. The van der Waals surface area contributed by atoms with Crippen LogP contribution in [0.15, 0.2) is 28.8 Å². The molecule has 1 aliphatic rings. The fraction of sp³-hybridized carbons (Fsp3) is 0.400. The average molecular weight is 341 g/mol. The van der Waals surface area contributed by atoms with Crippen molar-refractivity contribution in [3.8, 4) is 11.4 Å². The summed E-state index contributed by atoms with van der Waals surface area (Å²) in [5.41, 5.74) is 0.908. The summed E-state index contributed by atoms with van der Waals surface area (Å²) in [5.74, 6) is -1.78. The molecule has 1 amide bonds. The minimum Gasteiger partial charge on any atom is -0.329 e. The average Bonchev–Trinajstić information content (AvgIpc) is 3.27. The molecule has 6 nitrogen and oxygen atoms in total. The van der Waals surface area contributed by atoms with Gasteiger partial charge in [-0.1, -0.05) is 29.4 Å². The topological polar surface area (TPSA) is 68.5 Å². The number of nitrogens with zero attached hydrogens (tertiary/aromatic N) is 3. The van der Waals surface area contributed by atoms with Gasteiger partial charge in [0, 0.05) is 11.5 Å². The van der Waals surface area contributed by atoms with Crippen molar-refractivity contribution >= 4 is 5.91 Å². The molecule has 9 heteroatoms. The number of hydrogen-bond acceptors (Lipinski definition) is 5. The second-order valence-corrected chi connectivity index (χ2v) is 5.41. The van der Waals surface area contributed by atoms with Crippen LogP contribution >= 0.6 is 0 Å². The van der Waals surface area contributed by atoms with E-state index >= 15 is 0 Å². The van der Waals surface area contributed by atoms with E-state index in [2.05, 4.69) is 14.7 Å². The molecule has 0 radical (unpaired) electrons. The minimum atomic E-state index is -4.71. The molecule has 0 saturated heterocycles. The lowest BCUT2D eigenvalue weighted by atomic mass is 10.1. The van der Waals surface area contributed by atoms with Crippen molar-refractivity contribution in [3.63, 3.8) is 0 Å². The van der Waals surface area contributed by atoms with Gasteiger partial charge in [0.25, 0.3) is 0 Å². The first-order chi connectivity index (χ1) is 11.4. The zero-order chi connectivity index (χ0) is 17.3. The number of hydrogen-bond donors (Lipinski definition) is 0. The van der Waals surface area contributed by atoms with E-state index in [1.807, 2.05) is 0 Å². The third kappa shape index (κ3) is 3.40. The highest BCUT2D eigenvalue weighted by Gasteiger charge is 2.39. The zero-order valence-corrected chi connectivity index (χ0v) is 12.7. The molecule has 1 saturated carbocycles. The highest BCUT2D eigenvalue weighted by molar-refractivity contribution is 5.80. The maximum Gasteiger partial charge on any atom is 0.471 e. The third-order valence-corrected chi connectivity index (χ3v) is 3.63. The van der Waals surface area contributed by atoms with Gasteiger partial charge in [0.2, 0.25) is 11.7 Å². The quantitative estimate of drug-likeness (QED) is 0.782. The largest absolute Gasteiger partial charge is 0.471 e. The highest BCUT2D eigenvalue weighted by atomic mass is 19.4. The van der Waals surface area contributed by atoms with Crippen LogP contribution in [-0.4, -0.2) is 28.2 Å². The van der Waals surface area contributed by atoms with Crippen LogP contribution in [0.3, 0.4) is 0 Å². The summed E-state index contributed by atoms with van der Waals surface area (Å²) in [6, 6.07) is 6.59. The Labute approximate surface area is 135 Å². The third-order valence-electron chi connectivity index (χ3n) is 3.63. The molecular formula is C15H14F3N3O3. The first-order valence-electron chi connectivity index (χ1n) is 7.25. The lowest BCUT2D eigenvalue weighted by Crippen LogP contribution is -2.30. The normalized spacial score (nSPS) is 14.7. The van der Waals surface area contributed by atoms with Crippen LogP contribution < -0.4 is 0 Å². The molecule has 128 valence electrons. The lowest BCUT2D eigenvalue weighted by molar-refractivity contribution is -0.180. The predicted octanol–water partition coefficient (Wildman–Crippen LogP) is 3.06. The van der Waals surface area contributed by atoms with Crippen LogP contribution in [0.5, 0.6) is 0 Å². The Morgan fingerprint density at radius 1 is 1.38 bits per heavy atom. The second-order valence-electron chi connectivity index (χ2n) is 5.41. The number of benzene rings is 1. The van der Waals surface area contributed by atoms with Crippen molar-refractivity contribution in [1.82, 2.24) is 15.2 Å². The number of rotatable bonds is 5. The number of carbonyl (C=O) groups is 1. The highest BCUT2D eigenvalue weighted by Crippen LogP contribution is 2.33. The summed E-state index contributed by atoms with van der Waals surface area (Å²) < 4.78 is 42.1. The van der Waals surface area contributed by atoms with E-state index in [-0.39, 0.29) is 24.2 Å². The van der Waals surface area contributed by atoms with Crippen LogP contribution in [-0.2, 0) is 22.4 Å². The molecule has 0 atom stereocenters. The van der Waals surface area contributed by atoms with Crippen molar-refractivity contribution in [1.29, 1.82) is 0 Å². The Balaban J connectivity index is 1.87. The number of amides is 1. The van der Waals surface area contributed by atoms with Gasteiger partial charge in [-0.25, -0.2) is 5.06 Å². The fourth-order valence-corrected chi connectivity index (χ4v) is 2.25. The minimum absolute atomic E-state index is 0.0425. The van der Waals surface area contributed by atoms with Crippen LogP contribution in [0.2, 0.25) is 0 Å². The Hall–Kier alpha value is -2.42. The molecule has 1 aromatic heterocycles. The molecular weight excluding hydrogens is 327 g/mol. The SMILES string of the molecule is CON(Cc1ccccc1-c1noc(C(F)(F)F)n1)C(=O)C1CC1. The van der Waals surface area contributed by atoms with E-state index in [0.29, 0.717) is 11.1 Å². The van der Waals surface area contributed by atoms with Gasteiger partial charge in [-0.3, -0.25) is 9.63 Å². The summed E-state index contributed by atoms with van der Waals surface area (Å²) in [6.07, 6.45) is -3.07. The second kappa shape index (κ2) is 6.23. The van der Waals surface area contributed by atoms with Crippen molar-refractivity contribution in [2.24, 2.45) is 5.92 Å². The van der Waals surface area contributed by atoms with Crippen LogP contribution in [0, 0.1) is 5.92 Å². The molecule has 1 heterocycles. The molecule has 1 fully saturated rings. The van der Waals surface area contributed by atoms with Gasteiger partial charge in [-0.05, 0) is 18.4 Å². The Morgan fingerprint density at radius 2 is 2.08 bits per heavy atom. The van der Waals surface area contributed by atoms with Gasteiger partial charge in [-0.15, -0.1) is 0 Å². The monoisotopic (exact) mass is 341 g/mol. The van der Waals surface area contributed by atoms with Crippen LogP contribution in [0.25, 0.3) is 11.4 Å². The number of carbonyl (C=O) groups excluding carboxylic acids is 1. The summed E-state index contributed by atoms with van der Waals surface area (Å²) in [6.45, 7) is 0.0812. The molecule has 2 aromatic rings. The van der Waals surface area contributed by atoms with Crippen molar-refractivity contribution in [3.05, 3.63) is 35.7 Å². The van der Waals surface area contributed by atoms with Gasteiger partial charge in [0.1, 0.15) is 0 Å². The Morgan fingerprint density at radius 3 is 2.67 bits per heavy atom. The van der Waals surface area contributed by atoms with E-state index in [0.717, 1.165) is 12.8 Å². The Kier molecular flexibility index (Phi) is 4.27. The molecule has 1 aromatic carbocycles. The number of hydroxylamine groups is 2. The van der Waals surface area contributed by atoms with Crippen molar-refractivity contribution < 1.29 is 27.3 Å². The van der Waals surface area contributed by atoms with Crippen LogP contribution in [0.4, 0.5) is 13.2 Å². The first kappa shape index (κ1) is 16.4. The maximum absolute atomic E-state index is 12.6. The Bertz CT molecular complexity index is 741. The summed E-state index contributed by atoms with van der Waals surface area (Å²) in [7, 11) is 1.37. The van der Waals surface area contributed by atoms with Gasteiger partial charge >= 0.3 is 12.1 Å². The first-order valence-corrected chi connectivity index (χ1v) is 7.25. The van der Waals surface area contributed by atoms with E-state index in [4.69, 9.17) is 4.84 Å². The van der Waals surface area contributed by atoms with Gasteiger partial charge in [0.15, 0.2) is 0 Å². The number of alkyl halides is 3. The molecule has 0 unspecified atom stereocenters. The van der Waals surface area contributed by atoms with E-state index < -0.39 is 12.1 Å². The smallest absolute Gasteiger partial charge is 0.329 e. The van der Waals surface area contributed by atoms with E-state index in [1.165, 1.54) is 12.2 Å². The van der Waals surface area contributed by atoms with E-state index in [9.17, 15) is 18.0 Å². The molecule has 24 heavy (non-hydrogen) atoms. The molecule has 1 aliphatic carbocycles. The lowest BCUT2D eigenvalue weighted by Gasteiger charge is -2.20. The number of halogens is 3. The molecule has 0 aliphatic heterocycles. The summed E-state index contributed by atoms with van der Waals surface area (Å²) in [4.78, 5) is 20.6. The van der Waals surface area contributed by atoms with Crippen molar-refractivity contribution in [2.75, 3.05) is 7.11 Å². The number of aromatic nitrogens is 2.